The zero-order valence-corrected chi connectivity index (χ0v) is 16.3. The highest BCUT2D eigenvalue weighted by Crippen LogP contribution is 2.35. The van der Waals surface area contributed by atoms with Crippen LogP contribution in [0.2, 0.25) is 5.02 Å². The number of halogens is 2. The van der Waals surface area contributed by atoms with Crippen molar-refractivity contribution in [1.29, 1.82) is 0 Å². The number of hydrogen-bond donors (Lipinski definition) is 1. The number of benzene rings is 2. The topological polar surface area (TPSA) is 67.9 Å². The van der Waals surface area contributed by atoms with Gasteiger partial charge in [0.15, 0.2) is 0 Å². The maximum atomic E-state index is 12.8. The number of carbonyl (C=O) groups is 2. The zero-order chi connectivity index (χ0) is 19.7. The lowest BCUT2D eigenvalue weighted by atomic mass is 10.2. The van der Waals surface area contributed by atoms with Crippen LogP contribution < -0.4 is 19.7 Å². The Bertz CT molecular complexity index is 955. The minimum absolute atomic E-state index is 0.0301. The second-order valence-electron chi connectivity index (χ2n) is 5.76. The molecule has 3 rings (SSSR count). The van der Waals surface area contributed by atoms with Gasteiger partial charge in [0.05, 0.1) is 25.6 Å². The number of imide groups is 1. The molecule has 0 spiro atoms. The molecule has 1 aliphatic heterocycles. The van der Waals surface area contributed by atoms with E-state index in [0.29, 0.717) is 27.9 Å². The van der Waals surface area contributed by atoms with Gasteiger partial charge >= 0.3 is 0 Å². The molecule has 27 heavy (non-hydrogen) atoms. The third-order valence-corrected chi connectivity index (χ3v) is 4.86. The van der Waals surface area contributed by atoms with Crippen LogP contribution in [-0.2, 0) is 9.59 Å². The second kappa shape index (κ2) is 7.50. The summed E-state index contributed by atoms with van der Waals surface area (Å²) in [5.41, 5.74) is 1.61. The minimum atomic E-state index is -0.612. The van der Waals surface area contributed by atoms with Gasteiger partial charge in [0.2, 0.25) is 0 Å². The first kappa shape index (κ1) is 19.1. The fourth-order valence-corrected chi connectivity index (χ4v) is 3.01. The number of aryl methyl sites for hydroxylation is 1. The standard InChI is InChI=1S/C19H16Cl2N2O4/c1-10-8-14(15(27-3)9-13(10)20)22-17-16(21)18(24)23(19(17)25)11-4-6-12(26-2)7-5-11/h4-9,22H,1-3H3. The highest BCUT2D eigenvalue weighted by Gasteiger charge is 2.39. The molecule has 2 aromatic carbocycles. The van der Waals surface area contributed by atoms with Crippen molar-refractivity contribution in [2.45, 2.75) is 6.92 Å². The first-order valence-electron chi connectivity index (χ1n) is 7.91. The van der Waals surface area contributed by atoms with Gasteiger partial charge in [-0.15, -0.1) is 0 Å². The van der Waals surface area contributed by atoms with Crippen molar-refractivity contribution in [3.8, 4) is 11.5 Å². The van der Waals surface area contributed by atoms with E-state index in [-0.39, 0.29) is 10.7 Å². The first-order valence-corrected chi connectivity index (χ1v) is 8.66. The van der Waals surface area contributed by atoms with Gasteiger partial charge in [-0.3, -0.25) is 9.59 Å². The lowest BCUT2D eigenvalue weighted by Crippen LogP contribution is -2.32. The van der Waals surface area contributed by atoms with Crippen molar-refractivity contribution in [3.05, 3.63) is 57.7 Å². The molecule has 0 saturated carbocycles. The summed E-state index contributed by atoms with van der Waals surface area (Å²) in [6.07, 6.45) is 0. The van der Waals surface area contributed by atoms with Crippen LogP contribution in [0.25, 0.3) is 0 Å². The van der Waals surface area contributed by atoms with Gasteiger partial charge in [-0.1, -0.05) is 23.2 Å². The van der Waals surface area contributed by atoms with Crippen molar-refractivity contribution < 1.29 is 19.1 Å². The SMILES string of the molecule is COc1ccc(N2C(=O)C(Cl)=C(Nc3cc(C)c(Cl)cc3OC)C2=O)cc1. The highest BCUT2D eigenvalue weighted by atomic mass is 35.5. The van der Waals surface area contributed by atoms with Crippen LogP contribution in [0.1, 0.15) is 5.56 Å². The van der Waals surface area contributed by atoms with E-state index in [1.54, 1.807) is 36.4 Å². The summed E-state index contributed by atoms with van der Waals surface area (Å²) in [5.74, 6) is -0.147. The number of carbonyl (C=O) groups excluding carboxylic acids is 2. The normalized spacial score (nSPS) is 14.0. The lowest BCUT2D eigenvalue weighted by Gasteiger charge is -2.16. The number of rotatable bonds is 5. The summed E-state index contributed by atoms with van der Waals surface area (Å²) in [7, 11) is 3.01. The molecule has 0 saturated heterocycles. The second-order valence-corrected chi connectivity index (χ2v) is 6.54. The Morgan fingerprint density at radius 2 is 1.63 bits per heavy atom. The molecule has 0 bridgehead atoms. The van der Waals surface area contributed by atoms with Crippen molar-refractivity contribution in [3.63, 3.8) is 0 Å². The van der Waals surface area contributed by atoms with Crippen molar-refractivity contribution in [2.24, 2.45) is 0 Å². The Labute approximate surface area is 166 Å². The number of nitrogens with one attached hydrogen (secondary N) is 1. The summed E-state index contributed by atoms with van der Waals surface area (Å²) >= 11 is 12.3. The monoisotopic (exact) mass is 406 g/mol. The Hall–Kier alpha value is -2.70. The smallest absolute Gasteiger partial charge is 0.283 e. The van der Waals surface area contributed by atoms with Crippen LogP contribution in [-0.4, -0.2) is 26.0 Å². The molecule has 1 N–H and O–H groups in total. The number of nitrogens with zero attached hydrogens (tertiary/aromatic N) is 1. The Morgan fingerprint density at radius 3 is 2.22 bits per heavy atom. The number of methoxy groups -OCH3 is 2. The average Bonchev–Trinajstić information content (AvgIpc) is 2.88. The summed E-state index contributed by atoms with van der Waals surface area (Å²) in [6.45, 7) is 1.81. The molecule has 1 heterocycles. The van der Waals surface area contributed by atoms with Gasteiger partial charge in [-0.25, -0.2) is 4.90 Å². The molecule has 2 aromatic rings. The number of hydrogen-bond acceptors (Lipinski definition) is 5. The van der Waals surface area contributed by atoms with Crippen LogP contribution in [0.5, 0.6) is 11.5 Å². The van der Waals surface area contributed by atoms with E-state index in [4.69, 9.17) is 32.7 Å². The molecule has 8 heteroatoms. The maximum absolute atomic E-state index is 12.8. The minimum Gasteiger partial charge on any atom is -0.497 e. The molecule has 0 aromatic heterocycles. The van der Waals surface area contributed by atoms with Gasteiger partial charge < -0.3 is 14.8 Å². The molecule has 0 aliphatic carbocycles. The number of ether oxygens (including phenoxy) is 2. The molecule has 0 fully saturated rings. The molecule has 0 unspecified atom stereocenters. The maximum Gasteiger partial charge on any atom is 0.283 e. The number of amides is 2. The molecule has 0 atom stereocenters. The predicted octanol–water partition coefficient (Wildman–Crippen LogP) is 4.10. The Balaban J connectivity index is 1.94. The highest BCUT2D eigenvalue weighted by molar-refractivity contribution is 6.53. The van der Waals surface area contributed by atoms with Crippen LogP contribution in [0, 0.1) is 6.92 Å². The molecular formula is C19H16Cl2N2O4. The molecule has 6 nitrogen and oxygen atoms in total. The fourth-order valence-electron chi connectivity index (χ4n) is 2.64. The van der Waals surface area contributed by atoms with Crippen LogP contribution in [0.4, 0.5) is 11.4 Å². The van der Waals surface area contributed by atoms with E-state index >= 15 is 0 Å². The van der Waals surface area contributed by atoms with E-state index in [2.05, 4.69) is 5.32 Å². The molecule has 140 valence electrons. The average molecular weight is 407 g/mol. The van der Waals surface area contributed by atoms with Crippen molar-refractivity contribution in [2.75, 3.05) is 24.4 Å². The quantitative estimate of drug-likeness (QED) is 0.756. The molecule has 0 radical (unpaired) electrons. The third-order valence-electron chi connectivity index (χ3n) is 4.10. The summed E-state index contributed by atoms with van der Waals surface area (Å²) in [5, 5.41) is 3.22. The van der Waals surface area contributed by atoms with Crippen LogP contribution in [0.15, 0.2) is 47.1 Å². The summed E-state index contributed by atoms with van der Waals surface area (Å²) in [4.78, 5) is 26.4. The summed E-state index contributed by atoms with van der Waals surface area (Å²) in [6, 6.07) is 9.85. The van der Waals surface area contributed by atoms with Gasteiger partial charge in [-0.2, -0.15) is 0 Å². The lowest BCUT2D eigenvalue weighted by molar-refractivity contribution is -0.120. The third kappa shape index (κ3) is 3.46. The van der Waals surface area contributed by atoms with Crippen molar-refractivity contribution >= 4 is 46.4 Å². The van der Waals surface area contributed by atoms with Crippen LogP contribution >= 0.6 is 23.2 Å². The Kier molecular flexibility index (Phi) is 5.30. The largest absolute Gasteiger partial charge is 0.497 e. The van der Waals surface area contributed by atoms with Crippen LogP contribution in [0.3, 0.4) is 0 Å². The predicted molar refractivity (Wildman–Crippen MR) is 105 cm³/mol. The van der Waals surface area contributed by atoms with Gasteiger partial charge in [0, 0.05) is 11.1 Å². The molecule has 1 aliphatic rings. The van der Waals surface area contributed by atoms with E-state index in [0.717, 1.165) is 10.5 Å². The summed E-state index contributed by atoms with van der Waals surface area (Å²) < 4.78 is 10.4. The number of anilines is 2. The van der Waals surface area contributed by atoms with E-state index in [9.17, 15) is 9.59 Å². The van der Waals surface area contributed by atoms with E-state index in [1.807, 2.05) is 6.92 Å². The molecule has 2 amide bonds. The van der Waals surface area contributed by atoms with Gasteiger partial charge in [0.1, 0.15) is 22.2 Å². The Morgan fingerprint density at radius 1 is 0.963 bits per heavy atom. The van der Waals surface area contributed by atoms with Gasteiger partial charge in [-0.05, 0) is 42.8 Å². The fraction of sp³-hybridized carbons (Fsp3) is 0.158. The van der Waals surface area contributed by atoms with E-state index in [1.165, 1.54) is 14.2 Å². The van der Waals surface area contributed by atoms with Gasteiger partial charge in [0.25, 0.3) is 11.8 Å². The first-order chi connectivity index (χ1) is 12.9. The zero-order valence-electron chi connectivity index (χ0n) is 14.8. The van der Waals surface area contributed by atoms with Crippen molar-refractivity contribution in [1.82, 2.24) is 0 Å². The van der Waals surface area contributed by atoms with E-state index < -0.39 is 11.8 Å². The molecular weight excluding hydrogens is 391 g/mol.